The Labute approximate surface area is 125 Å². The van der Waals surface area contributed by atoms with Gasteiger partial charge in [0.2, 0.25) is 0 Å². The predicted octanol–water partition coefficient (Wildman–Crippen LogP) is 4.53. The van der Waals surface area contributed by atoms with Crippen LogP contribution in [0.3, 0.4) is 0 Å². The highest BCUT2D eigenvalue weighted by Crippen LogP contribution is 2.49. The summed E-state index contributed by atoms with van der Waals surface area (Å²) in [5.41, 5.74) is 1.88. The average Bonchev–Trinajstić information content (AvgIpc) is 3.25. The van der Waals surface area contributed by atoms with Crippen LogP contribution in [0.5, 0.6) is 0 Å². The van der Waals surface area contributed by atoms with Crippen molar-refractivity contribution in [3.63, 3.8) is 0 Å². The minimum absolute atomic E-state index is 0.367. The van der Waals surface area contributed by atoms with Crippen molar-refractivity contribution in [1.29, 1.82) is 0 Å². The third-order valence-electron chi connectivity index (χ3n) is 4.55. The Balaban J connectivity index is 1.89. The van der Waals surface area contributed by atoms with Gasteiger partial charge in [0.15, 0.2) is 0 Å². The maximum atomic E-state index is 11.3. The third-order valence-corrected chi connectivity index (χ3v) is 4.55. The highest BCUT2D eigenvalue weighted by atomic mass is 16.4. The van der Waals surface area contributed by atoms with Gasteiger partial charge in [-0.25, -0.2) is 4.79 Å². The summed E-state index contributed by atoms with van der Waals surface area (Å²) in [6, 6.07) is 11.3. The maximum absolute atomic E-state index is 11.3. The fraction of sp³-hybridized carbons (Fsp3) is 0.389. The van der Waals surface area contributed by atoms with Crippen LogP contribution >= 0.6 is 0 Å². The van der Waals surface area contributed by atoms with Gasteiger partial charge in [-0.2, -0.15) is 0 Å². The molecule has 0 heterocycles. The Morgan fingerprint density at radius 1 is 1.19 bits per heavy atom. The zero-order chi connectivity index (χ0) is 14.9. The molecule has 3 nitrogen and oxygen atoms in total. The van der Waals surface area contributed by atoms with Crippen LogP contribution in [0.25, 0.3) is 10.8 Å². The van der Waals surface area contributed by atoms with Crippen LogP contribution in [0.1, 0.15) is 43.0 Å². The summed E-state index contributed by atoms with van der Waals surface area (Å²) >= 11 is 0. The number of anilines is 1. The van der Waals surface area contributed by atoms with Crippen LogP contribution in [0, 0.1) is 5.41 Å². The Morgan fingerprint density at radius 2 is 1.90 bits per heavy atom. The van der Waals surface area contributed by atoms with E-state index in [2.05, 4.69) is 12.2 Å². The molecular weight excluding hydrogens is 262 g/mol. The van der Waals surface area contributed by atoms with Crippen LogP contribution in [-0.4, -0.2) is 17.6 Å². The van der Waals surface area contributed by atoms with Crippen LogP contribution in [0.15, 0.2) is 36.4 Å². The summed E-state index contributed by atoms with van der Waals surface area (Å²) in [7, 11) is 0. The quantitative estimate of drug-likeness (QED) is 0.818. The number of aromatic carboxylic acids is 1. The number of hydrogen-bond acceptors (Lipinski definition) is 2. The lowest BCUT2D eigenvalue weighted by molar-refractivity contribution is 0.0699. The Morgan fingerprint density at radius 3 is 2.52 bits per heavy atom. The summed E-state index contributed by atoms with van der Waals surface area (Å²) in [5, 5.41) is 14.6. The molecule has 2 N–H and O–H groups in total. The molecule has 0 spiro atoms. The lowest BCUT2D eigenvalue weighted by Gasteiger charge is -2.17. The molecule has 0 unspecified atom stereocenters. The van der Waals surface area contributed by atoms with Crippen molar-refractivity contribution in [2.45, 2.75) is 32.6 Å². The highest BCUT2D eigenvalue weighted by Gasteiger charge is 2.41. The number of carboxylic acids is 1. The van der Waals surface area contributed by atoms with Crippen molar-refractivity contribution in [3.05, 3.63) is 42.0 Å². The van der Waals surface area contributed by atoms with Gasteiger partial charge in [0, 0.05) is 17.6 Å². The Hall–Kier alpha value is -2.03. The highest BCUT2D eigenvalue weighted by molar-refractivity contribution is 6.07. The molecule has 1 fully saturated rings. The minimum atomic E-state index is -0.873. The van der Waals surface area contributed by atoms with E-state index in [1.54, 1.807) is 6.07 Å². The van der Waals surface area contributed by atoms with Crippen LogP contribution in [0.4, 0.5) is 5.69 Å². The van der Waals surface area contributed by atoms with Crippen molar-refractivity contribution >= 4 is 22.4 Å². The number of benzene rings is 2. The largest absolute Gasteiger partial charge is 0.478 e. The maximum Gasteiger partial charge on any atom is 0.336 e. The van der Waals surface area contributed by atoms with E-state index in [1.165, 1.54) is 25.7 Å². The molecule has 21 heavy (non-hydrogen) atoms. The molecule has 0 atom stereocenters. The van der Waals surface area contributed by atoms with Gasteiger partial charge >= 0.3 is 5.97 Å². The number of rotatable bonds is 6. The number of carboxylic acid groups (broad SMARTS) is 1. The summed E-state index contributed by atoms with van der Waals surface area (Å²) in [4.78, 5) is 11.3. The van der Waals surface area contributed by atoms with Crippen LogP contribution < -0.4 is 5.32 Å². The van der Waals surface area contributed by atoms with Crippen molar-refractivity contribution in [1.82, 2.24) is 0 Å². The van der Waals surface area contributed by atoms with Gasteiger partial charge in [-0.15, -0.1) is 0 Å². The fourth-order valence-corrected chi connectivity index (χ4v) is 3.14. The van der Waals surface area contributed by atoms with Gasteiger partial charge in [0.25, 0.3) is 0 Å². The average molecular weight is 283 g/mol. The molecule has 0 aromatic heterocycles. The number of hydrogen-bond donors (Lipinski definition) is 2. The van der Waals surface area contributed by atoms with E-state index in [0.29, 0.717) is 11.0 Å². The molecule has 1 aliphatic rings. The second kappa shape index (κ2) is 5.40. The molecule has 0 aliphatic heterocycles. The van der Waals surface area contributed by atoms with E-state index >= 15 is 0 Å². The second-order valence-corrected chi connectivity index (χ2v) is 6.11. The fourth-order valence-electron chi connectivity index (χ4n) is 3.14. The van der Waals surface area contributed by atoms with E-state index in [-0.39, 0.29) is 0 Å². The van der Waals surface area contributed by atoms with Crippen molar-refractivity contribution < 1.29 is 9.90 Å². The topological polar surface area (TPSA) is 49.3 Å². The van der Waals surface area contributed by atoms with E-state index in [1.807, 2.05) is 30.3 Å². The van der Waals surface area contributed by atoms with Crippen LogP contribution in [-0.2, 0) is 0 Å². The third kappa shape index (κ3) is 2.73. The van der Waals surface area contributed by atoms with Gasteiger partial charge in [-0.05, 0) is 42.2 Å². The van der Waals surface area contributed by atoms with Gasteiger partial charge in [-0.3, -0.25) is 0 Å². The van der Waals surface area contributed by atoms with Crippen molar-refractivity contribution in [3.8, 4) is 0 Å². The summed E-state index contributed by atoms with van der Waals surface area (Å²) < 4.78 is 0. The van der Waals surface area contributed by atoms with Gasteiger partial charge < -0.3 is 10.4 Å². The number of fused-ring (bicyclic) bond motifs is 1. The normalized spacial score (nSPS) is 15.9. The van der Waals surface area contributed by atoms with E-state index in [4.69, 9.17) is 0 Å². The van der Waals surface area contributed by atoms with Gasteiger partial charge in [0.05, 0.1) is 5.56 Å². The monoisotopic (exact) mass is 283 g/mol. The standard InChI is InChI=1S/C18H21NO2/c1-2-9-18(10-11-18)12-19-16-8-7-15(17(20)21)13-5-3-4-6-14(13)16/h3-8,19H,2,9-12H2,1H3,(H,20,21). The van der Waals surface area contributed by atoms with E-state index < -0.39 is 5.97 Å². The molecule has 0 bridgehead atoms. The zero-order valence-electron chi connectivity index (χ0n) is 12.4. The molecular formula is C18H21NO2. The number of nitrogens with one attached hydrogen (secondary N) is 1. The van der Waals surface area contributed by atoms with E-state index in [9.17, 15) is 9.90 Å². The molecule has 2 aromatic rings. The molecule has 0 amide bonds. The lowest BCUT2D eigenvalue weighted by atomic mass is 9.99. The first-order valence-corrected chi connectivity index (χ1v) is 7.64. The Bertz CT molecular complexity index is 674. The molecule has 0 saturated heterocycles. The molecule has 3 heteroatoms. The lowest BCUT2D eigenvalue weighted by Crippen LogP contribution is -2.15. The van der Waals surface area contributed by atoms with Crippen molar-refractivity contribution in [2.24, 2.45) is 5.41 Å². The molecule has 110 valence electrons. The Kier molecular flexibility index (Phi) is 3.58. The SMILES string of the molecule is CCCC1(CNc2ccc(C(=O)O)c3ccccc23)CC1. The first-order chi connectivity index (χ1) is 10.2. The zero-order valence-corrected chi connectivity index (χ0v) is 12.4. The molecule has 0 radical (unpaired) electrons. The molecule has 2 aromatic carbocycles. The summed E-state index contributed by atoms with van der Waals surface area (Å²) in [6.45, 7) is 3.22. The van der Waals surface area contributed by atoms with Gasteiger partial charge in [-0.1, -0.05) is 37.6 Å². The second-order valence-electron chi connectivity index (χ2n) is 6.11. The molecule has 1 saturated carbocycles. The van der Waals surface area contributed by atoms with Crippen molar-refractivity contribution in [2.75, 3.05) is 11.9 Å². The van der Waals surface area contributed by atoms with Gasteiger partial charge in [0.1, 0.15) is 0 Å². The van der Waals surface area contributed by atoms with E-state index in [0.717, 1.165) is 23.0 Å². The minimum Gasteiger partial charge on any atom is -0.478 e. The smallest absolute Gasteiger partial charge is 0.336 e. The summed E-state index contributed by atoms with van der Waals surface area (Å²) in [5.74, 6) is -0.873. The first kappa shape index (κ1) is 13.9. The molecule has 1 aliphatic carbocycles. The summed E-state index contributed by atoms with van der Waals surface area (Å²) in [6.07, 6.45) is 5.10. The number of carbonyl (C=O) groups is 1. The van der Waals surface area contributed by atoms with Crippen LogP contribution in [0.2, 0.25) is 0 Å². The first-order valence-electron chi connectivity index (χ1n) is 7.64. The predicted molar refractivity (Wildman–Crippen MR) is 86.0 cm³/mol. The molecule has 3 rings (SSSR count).